The molecule has 0 heterocycles. The van der Waals surface area contributed by atoms with Crippen molar-refractivity contribution in [1.29, 1.82) is 0 Å². The first-order valence-electron chi connectivity index (χ1n) is 6.69. The van der Waals surface area contributed by atoms with Crippen LogP contribution < -0.4 is 5.32 Å². The minimum Gasteiger partial charge on any atom is -0.459 e. The van der Waals surface area contributed by atoms with Crippen molar-refractivity contribution in [3.63, 3.8) is 0 Å². The van der Waals surface area contributed by atoms with E-state index in [4.69, 9.17) is 27.9 Å². The van der Waals surface area contributed by atoms with Gasteiger partial charge in [0.2, 0.25) is 0 Å². The van der Waals surface area contributed by atoms with Crippen molar-refractivity contribution in [3.8, 4) is 0 Å². The van der Waals surface area contributed by atoms with E-state index in [0.29, 0.717) is 9.50 Å². The van der Waals surface area contributed by atoms with Crippen LogP contribution in [0.15, 0.2) is 40.9 Å². The third-order valence-corrected chi connectivity index (χ3v) is 4.01. The summed E-state index contributed by atoms with van der Waals surface area (Å²) in [4.78, 5) is 23.6. The maximum absolute atomic E-state index is 13.6. The van der Waals surface area contributed by atoms with E-state index in [1.54, 1.807) is 6.07 Å². The summed E-state index contributed by atoms with van der Waals surface area (Å²) in [5.74, 6) is -1.73. The zero-order chi connectivity index (χ0) is 17.7. The summed E-state index contributed by atoms with van der Waals surface area (Å²) in [7, 11) is 0. The highest BCUT2D eigenvalue weighted by molar-refractivity contribution is 9.10. The second-order valence-electron chi connectivity index (χ2n) is 4.70. The number of benzene rings is 2. The second kappa shape index (κ2) is 8.46. The molecule has 0 fully saturated rings. The first-order chi connectivity index (χ1) is 11.4. The third-order valence-electron chi connectivity index (χ3n) is 2.97. The van der Waals surface area contributed by atoms with E-state index < -0.39 is 17.7 Å². The fourth-order valence-electron chi connectivity index (χ4n) is 1.77. The van der Waals surface area contributed by atoms with Crippen molar-refractivity contribution in [1.82, 2.24) is 5.32 Å². The number of halogens is 4. The summed E-state index contributed by atoms with van der Waals surface area (Å²) in [6.45, 7) is -0.592. The number of amides is 1. The molecule has 0 atom stereocenters. The normalized spacial score (nSPS) is 10.3. The van der Waals surface area contributed by atoms with Crippen LogP contribution in [0, 0.1) is 5.82 Å². The molecule has 0 radical (unpaired) electrons. The molecular formula is C16H11BrCl2FNO3. The van der Waals surface area contributed by atoms with Crippen molar-refractivity contribution >= 4 is 51.0 Å². The van der Waals surface area contributed by atoms with Gasteiger partial charge in [0, 0.05) is 15.1 Å². The Hall–Kier alpha value is -1.63. The molecule has 24 heavy (non-hydrogen) atoms. The van der Waals surface area contributed by atoms with Gasteiger partial charge in [0.25, 0.3) is 5.91 Å². The Morgan fingerprint density at radius 2 is 1.92 bits per heavy atom. The van der Waals surface area contributed by atoms with Crippen LogP contribution in [-0.4, -0.2) is 18.4 Å². The SMILES string of the molecule is O=C(CNC(=O)c1ccc(Cl)cc1Cl)OCc1ccc(Br)cc1F. The van der Waals surface area contributed by atoms with Gasteiger partial charge in [-0.05, 0) is 30.3 Å². The van der Waals surface area contributed by atoms with Crippen LogP contribution in [0.5, 0.6) is 0 Å². The molecule has 0 aromatic heterocycles. The highest BCUT2D eigenvalue weighted by atomic mass is 79.9. The zero-order valence-corrected chi connectivity index (χ0v) is 15.2. The molecule has 0 aliphatic rings. The van der Waals surface area contributed by atoms with Gasteiger partial charge in [0.15, 0.2) is 0 Å². The molecule has 0 aliphatic carbocycles. The summed E-state index contributed by atoms with van der Waals surface area (Å²) in [5, 5.41) is 2.94. The molecule has 126 valence electrons. The second-order valence-corrected chi connectivity index (χ2v) is 6.46. The van der Waals surface area contributed by atoms with E-state index in [-0.39, 0.29) is 29.3 Å². The summed E-state index contributed by atoms with van der Waals surface area (Å²) in [5.41, 5.74) is 0.423. The van der Waals surface area contributed by atoms with Gasteiger partial charge in [-0.2, -0.15) is 0 Å². The molecule has 4 nitrogen and oxygen atoms in total. The fourth-order valence-corrected chi connectivity index (χ4v) is 2.60. The minimum absolute atomic E-state index is 0.172. The van der Waals surface area contributed by atoms with Gasteiger partial charge in [-0.15, -0.1) is 0 Å². The lowest BCUT2D eigenvalue weighted by Crippen LogP contribution is -2.30. The van der Waals surface area contributed by atoms with Crippen LogP contribution >= 0.6 is 39.1 Å². The molecule has 0 saturated heterocycles. The Bertz CT molecular complexity index is 786. The van der Waals surface area contributed by atoms with Crippen molar-refractivity contribution in [2.45, 2.75) is 6.61 Å². The van der Waals surface area contributed by atoms with E-state index in [0.717, 1.165) is 0 Å². The monoisotopic (exact) mass is 433 g/mol. The number of carbonyl (C=O) groups excluding carboxylic acids is 2. The Kier molecular flexibility index (Phi) is 6.60. The van der Waals surface area contributed by atoms with Crippen molar-refractivity contribution in [2.24, 2.45) is 0 Å². The number of rotatable bonds is 5. The first kappa shape index (κ1) is 18.7. The maximum Gasteiger partial charge on any atom is 0.325 e. The predicted molar refractivity (Wildman–Crippen MR) is 92.7 cm³/mol. The maximum atomic E-state index is 13.6. The molecule has 0 aliphatic heterocycles. The van der Waals surface area contributed by atoms with Gasteiger partial charge in [0.1, 0.15) is 19.0 Å². The highest BCUT2D eigenvalue weighted by Crippen LogP contribution is 2.20. The van der Waals surface area contributed by atoms with Crippen LogP contribution in [0.2, 0.25) is 10.0 Å². The third kappa shape index (κ3) is 5.19. The fraction of sp³-hybridized carbons (Fsp3) is 0.125. The van der Waals surface area contributed by atoms with Crippen LogP contribution in [0.25, 0.3) is 0 Å². The van der Waals surface area contributed by atoms with Crippen molar-refractivity contribution in [2.75, 3.05) is 6.54 Å². The number of hydrogen-bond acceptors (Lipinski definition) is 3. The minimum atomic E-state index is -0.698. The smallest absolute Gasteiger partial charge is 0.325 e. The summed E-state index contributed by atoms with van der Waals surface area (Å²) in [6, 6.07) is 8.79. The van der Waals surface area contributed by atoms with Crippen LogP contribution in [0.4, 0.5) is 4.39 Å². The molecule has 0 saturated carbocycles. The molecule has 2 aromatic rings. The quantitative estimate of drug-likeness (QED) is 0.711. The van der Waals surface area contributed by atoms with Gasteiger partial charge in [0.05, 0.1) is 10.6 Å². The molecule has 0 unspecified atom stereocenters. The standard InChI is InChI=1S/C16H11BrCl2FNO3/c17-10-2-1-9(14(20)5-10)8-24-15(22)7-21-16(23)12-4-3-11(18)6-13(12)19/h1-6H,7-8H2,(H,21,23). The van der Waals surface area contributed by atoms with Crippen molar-refractivity contribution < 1.29 is 18.7 Å². The van der Waals surface area contributed by atoms with Crippen LogP contribution in [0.1, 0.15) is 15.9 Å². The van der Waals surface area contributed by atoms with E-state index in [9.17, 15) is 14.0 Å². The van der Waals surface area contributed by atoms with E-state index in [1.807, 2.05) is 0 Å². The number of nitrogens with one attached hydrogen (secondary N) is 1. The number of carbonyl (C=O) groups is 2. The lowest BCUT2D eigenvalue weighted by Gasteiger charge is -2.08. The molecule has 0 bridgehead atoms. The highest BCUT2D eigenvalue weighted by Gasteiger charge is 2.13. The molecule has 0 spiro atoms. The number of hydrogen-bond donors (Lipinski definition) is 1. The summed E-state index contributed by atoms with van der Waals surface area (Å²) < 4.78 is 19.1. The van der Waals surface area contributed by atoms with Crippen LogP contribution in [0.3, 0.4) is 0 Å². The molecule has 1 N–H and O–H groups in total. The average molecular weight is 435 g/mol. The Morgan fingerprint density at radius 3 is 2.58 bits per heavy atom. The van der Waals surface area contributed by atoms with Gasteiger partial charge in [-0.25, -0.2) is 4.39 Å². The molecule has 1 amide bonds. The lowest BCUT2D eigenvalue weighted by molar-refractivity contribution is -0.143. The Labute approximate surface area is 156 Å². The average Bonchev–Trinajstić information content (AvgIpc) is 2.51. The molecule has 2 aromatic carbocycles. The lowest BCUT2D eigenvalue weighted by atomic mass is 10.2. The molecule has 2 rings (SSSR count). The Balaban J connectivity index is 1.85. The Morgan fingerprint density at radius 1 is 1.17 bits per heavy atom. The van der Waals surface area contributed by atoms with Gasteiger partial charge >= 0.3 is 5.97 Å². The zero-order valence-electron chi connectivity index (χ0n) is 12.1. The molecule has 8 heteroatoms. The van der Waals surface area contributed by atoms with E-state index in [1.165, 1.54) is 30.3 Å². The van der Waals surface area contributed by atoms with Crippen molar-refractivity contribution in [3.05, 3.63) is 67.9 Å². The van der Waals surface area contributed by atoms with Gasteiger partial charge in [-0.1, -0.05) is 45.2 Å². The summed E-state index contributed by atoms with van der Waals surface area (Å²) in [6.07, 6.45) is 0. The topological polar surface area (TPSA) is 55.4 Å². The summed E-state index contributed by atoms with van der Waals surface area (Å²) >= 11 is 14.8. The van der Waals surface area contributed by atoms with Gasteiger partial charge < -0.3 is 10.1 Å². The van der Waals surface area contributed by atoms with Gasteiger partial charge in [-0.3, -0.25) is 9.59 Å². The van der Waals surface area contributed by atoms with Crippen LogP contribution in [-0.2, 0) is 16.1 Å². The van der Waals surface area contributed by atoms with E-state index in [2.05, 4.69) is 21.2 Å². The molecular weight excluding hydrogens is 424 g/mol. The van der Waals surface area contributed by atoms with E-state index >= 15 is 0 Å². The first-order valence-corrected chi connectivity index (χ1v) is 8.24. The largest absolute Gasteiger partial charge is 0.459 e. The predicted octanol–water partition coefficient (Wildman–Crippen LogP) is 4.37. The number of esters is 1. The number of ether oxygens (including phenoxy) is 1.